The lowest BCUT2D eigenvalue weighted by molar-refractivity contribution is 0.222. The summed E-state index contributed by atoms with van der Waals surface area (Å²) in [4.78, 5) is 0. The summed E-state index contributed by atoms with van der Waals surface area (Å²) in [7, 11) is 3.21. The van der Waals surface area contributed by atoms with E-state index >= 15 is 0 Å². The largest absolute Gasteiger partial charge is 0.491 e. The molecule has 1 heterocycles. The van der Waals surface area contributed by atoms with Crippen LogP contribution >= 0.6 is 11.9 Å². The minimum Gasteiger partial charge on any atom is -0.491 e. The summed E-state index contributed by atoms with van der Waals surface area (Å²) in [6.45, 7) is 0. The number of hydrogen-bond donors (Lipinski definition) is 1. The van der Waals surface area contributed by atoms with E-state index in [-0.39, 0.29) is 0 Å². The number of hydrogen-bond acceptors (Lipinski definition) is 4. The van der Waals surface area contributed by atoms with Gasteiger partial charge in [0.1, 0.15) is 0 Å². The molecule has 0 aromatic carbocycles. The fourth-order valence-electron chi connectivity index (χ4n) is 0.612. The Morgan fingerprint density at radius 1 is 1.40 bits per heavy atom. The van der Waals surface area contributed by atoms with Crippen molar-refractivity contribution in [3.8, 4) is 0 Å². The minimum atomic E-state index is 0.662. The molecule has 0 fully saturated rings. The molecular weight excluding hydrogens is 150 g/mol. The van der Waals surface area contributed by atoms with Gasteiger partial charge in [-0.1, -0.05) is 0 Å². The van der Waals surface area contributed by atoms with Crippen molar-refractivity contribution < 1.29 is 9.47 Å². The first-order valence-corrected chi connectivity index (χ1v) is 3.67. The lowest BCUT2D eigenvalue weighted by Crippen LogP contribution is -2.11. The first kappa shape index (κ1) is 7.34. The van der Waals surface area contributed by atoms with E-state index in [1.165, 1.54) is 11.9 Å². The summed E-state index contributed by atoms with van der Waals surface area (Å²) in [5, 5.41) is 1.89. The van der Waals surface area contributed by atoms with E-state index in [1.807, 2.05) is 11.5 Å². The lowest BCUT2D eigenvalue weighted by atomic mass is 10.5. The Bertz CT molecular complexity index is 177. The quantitative estimate of drug-likeness (QED) is 0.613. The van der Waals surface area contributed by atoms with Crippen molar-refractivity contribution in [2.24, 2.45) is 0 Å². The highest BCUT2D eigenvalue weighted by molar-refractivity contribution is 8.00. The van der Waals surface area contributed by atoms with E-state index in [9.17, 15) is 0 Å². The Kier molecular flexibility index (Phi) is 2.50. The second kappa shape index (κ2) is 3.41. The van der Waals surface area contributed by atoms with E-state index in [4.69, 9.17) is 9.47 Å². The van der Waals surface area contributed by atoms with E-state index in [1.54, 1.807) is 14.2 Å². The molecule has 0 spiro atoms. The van der Waals surface area contributed by atoms with E-state index in [0.717, 1.165) is 5.76 Å². The molecule has 0 unspecified atom stereocenters. The van der Waals surface area contributed by atoms with Crippen LogP contribution in [-0.4, -0.2) is 14.2 Å². The number of ether oxygens (including phenoxy) is 2. The van der Waals surface area contributed by atoms with Gasteiger partial charge in [0.2, 0.25) is 5.88 Å². The van der Waals surface area contributed by atoms with Crippen LogP contribution in [0.1, 0.15) is 0 Å². The molecule has 0 radical (unpaired) electrons. The number of rotatable bonds is 2. The molecule has 1 rings (SSSR count). The smallest absolute Gasteiger partial charge is 0.240 e. The highest BCUT2D eigenvalue weighted by Crippen LogP contribution is 2.15. The molecule has 1 aliphatic rings. The van der Waals surface area contributed by atoms with Crippen LogP contribution < -0.4 is 4.72 Å². The normalized spacial score (nSPS) is 16.6. The molecule has 10 heavy (non-hydrogen) atoms. The number of allylic oxidation sites excluding steroid dienone is 1. The maximum atomic E-state index is 4.99. The third-order valence-electron chi connectivity index (χ3n) is 1.09. The van der Waals surface area contributed by atoms with E-state index in [0.29, 0.717) is 5.88 Å². The van der Waals surface area contributed by atoms with Crippen molar-refractivity contribution in [2.75, 3.05) is 14.2 Å². The van der Waals surface area contributed by atoms with Gasteiger partial charge in [0.05, 0.1) is 14.2 Å². The molecular formula is C6H9NO2S. The number of methoxy groups -OCH3 is 2. The first-order chi connectivity index (χ1) is 4.88. The number of nitrogens with one attached hydrogen (secondary N) is 1. The molecule has 0 saturated carbocycles. The van der Waals surface area contributed by atoms with Crippen molar-refractivity contribution in [1.29, 1.82) is 0 Å². The van der Waals surface area contributed by atoms with Crippen LogP contribution in [0, 0.1) is 0 Å². The van der Waals surface area contributed by atoms with Crippen LogP contribution in [0.5, 0.6) is 0 Å². The third kappa shape index (κ3) is 1.39. The van der Waals surface area contributed by atoms with Crippen LogP contribution in [0.2, 0.25) is 0 Å². The maximum absolute atomic E-state index is 4.99. The Morgan fingerprint density at radius 2 is 2.20 bits per heavy atom. The molecule has 4 heteroatoms. The van der Waals surface area contributed by atoms with Gasteiger partial charge >= 0.3 is 0 Å². The van der Waals surface area contributed by atoms with Crippen LogP contribution in [-0.2, 0) is 9.47 Å². The van der Waals surface area contributed by atoms with Crippen LogP contribution in [0.25, 0.3) is 0 Å². The topological polar surface area (TPSA) is 30.5 Å². The molecule has 1 N–H and O–H groups in total. The van der Waals surface area contributed by atoms with Gasteiger partial charge in [0.25, 0.3) is 0 Å². The molecule has 1 aliphatic heterocycles. The second-order valence-corrected chi connectivity index (χ2v) is 2.34. The Labute approximate surface area is 64.2 Å². The SMILES string of the molecule is COC1=C(OC)NSC=C1. The average molecular weight is 159 g/mol. The summed E-state index contributed by atoms with van der Waals surface area (Å²) >= 11 is 1.45. The fourth-order valence-corrected chi connectivity index (χ4v) is 1.16. The van der Waals surface area contributed by atoms with Crippen molar-refractivity contribution in [3.63, 3.8) is 0 Å². The summed E-state index contributed by atoms with van der Waals surface area (Å²) < 4.78 is 12.9. The van der Waals surface area contributed by atoms with Gasteiger partial charge in [-0.2, -0.15) is 0 Å². The third-order valence-corrected chi connectivity index (χ3v) is 1.66. The Morgan fingerprint density at radius 3 is 2.70 bits per heavy atom. The molecule has 0 aliphatic carbocycles. The van der Waals surface area contributed by atoms with Gasteiger partial charge in [0.15, 0.2) is 5.76 Å². The standard InChI is InChI=1S/C6H9NO2S/c1-8-5-3-4-10-7-6(5)9-2/h3-4,7H,1-2H3. The van der Waals surface area contributed by atoms with Gasteiger partial charge in [-0.3, -0.25) is 4.72 Å². The van der Waals surface area contributed by atoms with Gasteiger partial charge in [0, 0.05) is 0 Å². The highest BCUT2D eigenvalue weighted by atomic mass is 32.2. The average Bonchev–Trinajstić information content (AvgIpc) is 2.04. The molecule has 0 aromatic heterocycles. The minimum absolute atomic E-state index is 0.662. The zero-order valence-electron chi connectivity index (χ0n) is 5.88. The summed E-state index contributed by atoms with van der Waals surface area (Å²) in [6.07, 6.45) is 1.85. The molecule has 0 saturated heterocycles. The van der Waals surface area contributed by atoms with Crippen LogP contribution in [0.3, 0.4) is 0 Å². The molecule has 0 bridgehead atoms. The fraction of sp³-hybridized carbons (Fsp3) is 0.333. The first-order valence-electron chi connectivity index (χ1n) is 2.79. The summed E-state index contributed by atoms with van der Waals surface area (Å²) in [5.41, 5.74) is 0. The maximum Gasteiger partial charge on any atom is 0.240 e. The Hall–Kier alpha value is -0.770. The van der Waals surface area contributed by atoms with E-state index < -0.39 is 0 Å². The monoisotopic (exact) mass is 159 g/mol. The van der Waals surface area contributed by atoms with Gasteiger partial charge < -0.3 is 9.47 Å². The lowest BCUT2D eigenvalue weighted by Gasteiger charge is -2.13. The van der Waals surface area contributed by atoms with Crippen molar-refractivity contribution in [2.45, 2.75) is 0 Å². The zero-order chi connectivity index (χ0) is 7.40. The molecule has 0 amide bonds. The highest BCUT2D eigenvalue weighted by Gasteiger charge is 2.07. The van der Waals surface area contributed by atoms with Gasteiger partial charge in [-0.05, 0) is 23.4 Å². The van der Waals surface area contributed by atoms with Crippen molar-refractivity contribution >= 4 is 11.9 Å². The van der Waals surface area contributed by atoms with Crippen molar-refractivity contribution in [3.05, 3.63) is 23.1 Å². The molecule has 3 nitrogen and oxygen atoms in total. The zero-order valence-corrected chi connectivity index (χ0v) is 6.70. The van der Waals surface area contributed by atoms with Crippen molar-refractivity contribution in [1.82, 2.24) is 4.72 Å². The predicted molar refractivity (Wildman–Crippen MR) is 40.9 cm³/mol. The van der Waals surface area contributed by atoms with Crippen LogP contribution in [0.4, 0.5) is 0 Å². The summed E-state index contributed by atoms with van der Waals surface area (Å²) in [5.74, 6) is 1.39. The van der Waals surface area contributed by atoms with E-state index in [2.05, 4.69) is 4.72 Å². The van der Waals surface area contributed by atoms with Crippen LogP contribution in [0.15, 0.2) is 23.1 Å². The van der Waals surface area contributed by atoms with Gasteiger partial charge in [-0.25, -0.2) is 0 Å². The molecule has 0 aromatic rings. The molecule has 0 atom stereocenters. The summed E-state index contributed by atoms with van der Waals surface area (Å²) in [6, 6.07) is 0. The predicted octanol–water partition coefficient (Wildman–Crippen LogP) is 1.21. The molecule has 56 valence electrons. The Balaban J connectivity index is 2.73. The van der Waals surface area contributed by atoms with Gasteiger partial charge in [-0.15, -0.1) is 0 Å². The second-order valence-electron chi connectivity index (χ2n) is 1.62.